The third-order valence-electron chi connectivity index (χ3n) is 4.48. The van der Waals surface area contributed by atoms with Crippen molar-refractivity contribution in [3.05, 3.63) is 0 Å². The lowest BCUT2D eigenvalue weighted by molar-refractivity contribution is 0.0708. The first kappa shape index (κ1) is 15.5. The Balaban J connectivity index is 2.43. The Morgan fingerprint density at radius 1 is 1.22 bits per heavy atom. The number of hydrogen-bond acceptors (Lipinski definition) is 2. The van der Waals surface area contributed by atoms with Gasteiger partial charge in [0.25, 0.3) is 0 Å². The van der Waals surface area contributed by atoms with E-state index in [1.54, 1.807) is 0 Å². The third kappa shape index (κ3) is 4.28. The van der Waals surface area contributed by atoms with Crippen molar-refractivity contribution in [1.29, 1.82) is 5.26 Å². The summed E-state index contributed by atoms with van der Waals surface area (Å²) in [6.45, 7) is 10.7. The van der Waals surface area contributed by atoms with Gasteiger partial charge in [-0.05, 0) is 49.9 Å². The number of nitrogens with zero attached hydrogens (tertiary/aromatic N) is 1. The topological polar surface area (TPSA) is 33.0 Å². The highest BCUT2D eigenvalue weighted by Crippen LogP contribution is 2.46. The van der Waals surface area contributed by atoms with Crippen LogP contribution in [0.5, 0.6) is 0 Å². The molecule has 0 saturated heterocycles. The van der Waals surface area contributed by atoms with Crippen LogP contribution in [0.1, 0.15) is 66.2 Å². The minimum Gasteiger partial charge on any atom is -0.381 e. The van der Waals surface area contributed by atoms with Gasteiger partial charge in [0.1, 0.15) is 0 Å². The maximum atomic E-state index is 9.48. The van der Waals surface area contributed by atoms with Crippen molar-refractivity contribution < 1.29 is 4.74 Å². The van der Waals surface area contributed by atoms with Crippen molar-refractivity contribution >= 4 is 0 Å². The largest absolute Gasteiger partial charge is 0.381 e. The summed E-state index contributed by atoms with van der Waals surface area (Å²) in [5.74, 6) is 0.774. The third-order valence-corrected chi connectivity index (χ3v) is 4.48. The zero-order chi connectivity index (χ0) is 13.6. The normalized spacial score (nSPS) is 28.9. The second-order valence-corrected chi connectivity index (χ2v) is 6.89. The molecule has 0 unspecified atom stereocenters. The van der Waals surface area contributed by atoms with Gasteiger partial charge in [0.2, 0.25) is 0 Å². The summed E-state index contributed by atoms with van der Waals surface area (Å²) < 4.78 is 5.56. The minimum atomic E-state index is -0.102. The van der Waals surface area contributed by atoms with Gasteiger partial charge in [-0.3, -0.25) is 0 Å². The second kappa shape index (κ2) is 6.57. The molecule has 2 nitrogen and oxygen atoms in total. The number of nitriles is 1. The molecule has 0 atom stereocenters. The zero-order valence-electron chi connectivity index (χ0n) is 12.6. The van der Waals surface area contributed by atoms with Crippen molar-refractivity contribution in [2.75, 3.05) is 13.2 Å². The smallest absolute Gasteiger partial charge is 0.0690 e. The minimum absolute atomic E-state index is 0.102. The average Bonchev–Trinajstić information content (AvgIpc) is 2.34. The van der Waals surface area contributed by atoms with E-state index >= 15 is 0 Å². The Labute approximate surface area is 113 Å². The summed E-state index contributed by atoms with van der Waals surface area (Å²) >= 11 is 0. The Kier molecular flexibility index (Phi) is 5.66. The molecular formula is C16H29NO. The summed E-state index contributed by atoms with van der Waals surface area (Å²) in [7, 11) is 0. The van der Waals surface area contributed by atoms with E-state index in [1.807, 2.05) is 0 Å². The predicted molar refractivity (Wildman–Crippen MR) is 75.2 cm³/mol. The van der Waals surface area contributed by atoms with Gasteiger partial charge in [-0.15, -0.1) is 0 Å². The first-order valence-electron chi connectivity index (χ1n) is 7.42. The fourth-order valence-electron chi connectivity index (χ4n) is 2.97. The van der Waals surface area contributed by atoms with E-state index in [0.29, 0.717) is 5.41 Å². The van der Waals surface area contributed by atoms with Gasteiger partial charge in [-0.25, -0.2) is 0 Å². The predicted octanol–water partition coefficient (Wildman–Crippen LogP) is 4.55. The lowest BCUT2D eigenvalue weighted by atomic mass is 9.63. The molecule has 0 aromatic rings. The molecule has 0 N–H and O–H groups in total. The Morgan fingerprint density at radius 3 is 2.28 bits per heavy atom. The molecule has 1 rings (SSSR count). The monoisotopic (exact) mass is 251 g/mol. The van der Waals surface area contributed by atoms with E-state index < -0.39 is 0 Å². The summed E-state index contributed by atoms with van der Waals surface area (Å²) in [5, 5.41) is 9.48. The van der Waals surface area contributed by atoms with Gasteiger partial charge in [0, 0.05) is 13.2 Å². The highest BCUT2D eigenvalue weighted by Gasteiger charge is 2.38. The molecule has 0 amide bonds. The van der Waals surface area contributed by atoms with Gasteiger partial charge in [0.05, 0.1) is 11.5 Å². The summed E-state index contributed by atoms with van der Waals surface area (Å²) in [5.41, 5.74) is 0.288. The molecule has 0 aromatic heterocycles. The van der Waals surface area contributed by atoms with E-state index in [0.717, 1.165) is 44.8 Å². The molecule has 0 heterocycles. The van der Waals surface area contributed by atoms with Crippen LogP contribution in [-0.4, -0.2) is 13.2 Å². The molecule has 0 bridgehead atoms. The van der Waals surface area contributed by atoms with Crippen molar-refractivity contribution in [2.24, 2.45) is 16.7 Å². The molecule has 1 aliphatic rings. The summed E-state index contributed by atoms with van der Waals surface area (Å²) in [6, 6.07) is 2.59. The molecule has 1 saturated carbocycles. The zero-order valence-corrected chi connectivity index (χ0v) is 12.6. The summed E-state index contributed by atoms with van der Waals surface area (Å²) in [6.07, 6.45) is 6.49. The summed E-state index contributed by atoms with van der Waals surface area (Å²) in [4.78, 5) is 0. The van der Waals surface area contributed by atoms with Gasteiger partial charge in [-0.1, -0.05) is 27.7 Å². The highest BCUT2D eigenvalue weighted by molar-refractivity contribution is 5.02. The van der Waals surface area contributed by atoms with Gasteiger partial charge in [-0.2, -0.15) is 5.26 Å². The van der Waals surface area contributed by atoms with Crippen LogP contribution >= 0.6 is 0 Å². The number of hydrogen-bond donors (Lipinski definition) is 0. The molecule has 2 heteroatoms. The van der Waals surface area contributed by atoms with Crippen LogP contribution in [0.15, 0.2) is 0 Å². The molecular weight excluding hydrogens is 222 g/mol. The quantitative estimate of drug-likeness (QED) is 0.672. The molecule has 1 fully saturated rings. The molecule has 104 valence electrons. The Bertz CT molecular complexity index is 276. The molecule has 1 aliphatic carbocycles. The standard InChI is InChI=1S/C16H29NO/c1-5-11-18-12-10-16(13-17)8-6-14(7-9-16)15(2,3)4/h14H,5-12H2,1-4H3. The second-order valence-electron chi connectivity index (χ2n) is 6.89. The first-order valence-corrected chi connectivity index (χ1v) is 7.42. The van der Waals surface area contributed by atoms with Gasteiger partial charge < -0.3 is 4.74 Å². The van der Waals surface area contributed by atoms with Crippen LogP contribution in [0.3, 0.4) is 0 Å². The van der Waals surface area contributed by atoms with Crippen LogP contribution in [0.25, 0.3) is 0 Å². The first-order chi connectivity index (χ1) is 8.43. The number of rotatable bonds is 5. The maximum Gasteiger partial charge on any atom is 0.0690 e. The molecule has 0 aliphatic heterocycles. The Morgan fingerprint density at radius 2 is 1.83 bits per heavy atom. The van der Waals surface area contributed by atoms with Crippen molar-refractivity contribution in [2.45, 2.75) is 66.2 Å². The van der Waals surface area contributed by atoms with E-state index in [4.69, 9.17) is 4.74 Å². The lowest BCUT2D eigenvalue weighted by Crippen LogP contribution is -2.32. The average molecular weight is 251 g/mol. The Hall–Kier alpha value is -0.550. The van der Waals surface area contributed by atoms with Crippen molar-refractivity contribution in [3.63, 3.8) is 0 Å². The van der Waals surface area contributed by atoms with Crippen LogP contribution in [0.2, 0.25) is 0 Å². The van der Waals surface area contributed by atoms with E-state index in [-0.39, 0.29) is 5.41 Å². The van der Waals surface area contributed by atoms with Crippen LogP contribution in [-0.2, 0) is 4.74 Å². The fourth-order valence-corrected chi connectivity index (χ4v) is 2.97. The SMILES string of the molecule is CCCOCCC1(C#N)CCC(C(C)(C)C)CC1. The molecule has 0 radical (unpaired) electrons. The van der Waals surface area contributed by atoms with Gasteiger partial charge in [0.15, 0.2) is 0 Å². The number of ether oxygens (including phenoxy) is 1. The van der Waals surface area contributed by atoms with E-state index in [9.17, 15) is 5.26 Å². The molecule has 18 heavy (non-hydrogen) atoms. The van der Waals surface area contributed by atoms with Gasteiger partial charge >= 0.3 is 0 Å². The van der Waals surface area contributed by atoms with E-state index in [1.165, 1.54) is 12.8 Å². The molecule has 0 aromatic carbocycles. The van der Waals surface area contributed by atoms with E-state index in [2.05, 4.69) is 33.8 Å². The van der Waals surface area contributed by atoms with Crippen molar-refractivity contribution in [1.82, 2.24) is 0 Å². The lowest BCUT2D eigenvalue weighted by Gasteiger charge is -2.40. The van der Waals surface area contributed by atoms with Crippen LogP contribution in [0, 0.1) is 28.1 Å². The fraction of sp³-hybridized carbons (Fsp3) is 0.938. The van der Waals surface area contributed by atoms with Crippen molar-refractivity contribution in [3.8, 4) is 6.07 Å². The molecule has 0 spiro atoms. The van der Waals surface area contributed by atoms with Crippen LogP contribution < -0.4 is 0 Å². The van der Waals surface area contributed by atoms with Crippen LogP contribution in [0.4, 0.5) is 0 Å². The highest BCUT2D eigenvalue weighted by atomic mass is 16.5. The maximum absolute atomic E-state index is 9.48.